The molecule has 0 aliphatic rings. The van der Waals surface area contributed by atoms with E-state index in [4.69, 9.17) is 21.1 Å². The molecule has 0 aliphatic heterocycles. The van der Waals surface area contributed by atoms with E-state index in [0.717, 1.165) is 6.42 Å². The van der Waals surface area contributed by atoms with Crippen molar-refractivity contribution in [2.24, 2.45) is 0 Å². The summed E-state index contributed by atoms with van der Waals surface area (Å²) in [5.41, 5.74) is 0.637. The van der Waals surface area contributed by atoms with Crippen LogP contribution in [0.25, 0.3) is 0 Å². The van der Waals surface area contributed by atoms with Gasteiger partial charge >= 0.3 is 0 Å². The van der Waals surface area contributed by atoms with Crippen LogP contribution in [0.3, 0.4) is 0 Å². The first-order valence-electron chi connectivity index (χ1n) is 5.57. The number of hydrogen-bond acceptors (Lipinski definition) is 4. The van der Waals surface area contributed by atoms with E-state index in [0.29, 0.717) is 17.9 Å². The van der Waals surface area contributed by atoms with Crippen LogP contribution in [-0.2, 0) is 10.6 Å². The summed E-state index contributed by atoms with van der Waals surface area (Å²) < 4.78 is 10.6. The Hall–Kier alpha value is -1.33. The molecule has 1 aromatic rings. The van der Waals surface area contributed by atoms with Crippen LogP contribution in [-0.4, -0.2) is 24.7 Å². The van der Waals surface area contributed by atoms with E-state index in [9.17, 15) is 10.1 Å². The number of benzene rings is 1. The molecule has 0 saturated carbocycles. The molecule has 5 nitrogen and oxygen atoms in total. The summed E-state index contributed by atoms with van der Waals surface area (Å²) in [4.78, 5) is 10.2. The Kier molecular flexibility index (Phi) is 5.88. The monoisotopic (exact) mass is 273 g/mol. The zero-order valence-corrected chi connectivity index (χ0v) is 11.1. The molecule has 1 aromatic carbocycles. The lowest BCUT2D eigenvalue weighted by molar-refractivity contribution is -0.384. The maximum absolute atomic E-state index is 10.6. The summed E-state index contributed by atoms with van der Waals surface area (Å²) in [7, 11) is 1.63. The number of alkyl halides is 1. The number of methoxy groups -OCH3 is 1. The molecule has 0 spiro atoms. The van der Waals surface area contributed by atoms with Crippen LogP contribution < -0.4 is 4.74 Å². The lowest BCUT2D eigenvalue weighted by Gasteiger charge is -2.16. The first-order chi connectivity index (χ1) is 8.58. The predicted octanol–water partition coefficient (Wildman–Crippen LogP) is 3.14. The van der Waals surface area contributed by atoms with Gasteiger partial charge in [-0.2, -0.15) is 0 Å². The molecule has 0 radical (unpaired) electrons. The van der Waals surface area contributed by atoms with Crippen molar-refractivity contribution in [1.82, 2.24) is 0 Å². The molecule has 18 heavy (non-hydrogen) atoms. The average molecular weight is 274 g/mol. The van der Waals surface area contributed by atoms with Gasteiger partial charge in [0.2, 0.25) is 0 Å². The highest BCUT2D eigenvalue weighted by atomic mass is 35.5. The molecule has 0 saturated heterocycles. The second kappa shape index (κ2) is 7.18. The standard InChI is InChI=1S/C12H16ClNO4/c1-9(5-6-17-2)18-12-4-3-11(14(15)16)7-10(12)8-13/h3-4,7,9H,5-6,8H2,1-2H3. The number of nitrogens with zero attached hydrogens (tertiary/aromatic N) is 1. The largest absolute Gasteiger partial charge is 0.490 e. The van der Waals surface area contributed by atoms with Crippen LogP contribution in [0.5, 0.6) is 5.75 Å². The first-order valence-corrected chi connectivity index (χ1v) is 6.10. The molecular weight excluding hydrogens is 258 g/mol. The quantitative estimate of drug-likeness (QED) is 0.435. The van der Waals surface area contributed by atoms with Gasteiger partial charge < -0.3 is 9.47 Å². The van der Waals surface area contributed by atoms with Gasteiger partial charge in [0.15, 0.2) is 0 Å². The van der Waals surface area contributed by atoms with E-state index < -0.39 is 4.92 Å². The van der Waals surface area contributed by atoms with E-state index >= 15 is 0 Å². The smallest absolute Gasteiger partial charge is 0.270 e. The molecule has 100 valence electrons. The van der Waals surface area contributed by atoms with E-state index in [1.165, 1.54) is 12.1 Å². The number of nitro groups is 1. The summed E-state index contributed by atoms with van der Waals surface area (Å²) in [6, 6.07) is 4.43. The number of halogens is 1. The number of nitro benzene ring substituents is 1. The van der Waals surface area contributed by atoms with Crippen molar-refractivity contribution in [2.75, 3.05) is 13.7 Å². The Morgan fingerprint density at radius 2 is 2.22 bits per heavy atom. The maximum Gasteiger partial charge on any atom is 0.270 e. The minimum atomic E-state index is -0.450. The highest BCUT2D eigenvalue weighted by Crippen LogP contribution is 2.26. The van der Waals surface area contributed by atoms with Crippen LogP contribution in [0.15, 0.2) is 18.2 Å². The van der Waals surface area contributed by atoms with Crippen molar-refractivity contribution in [1.29, 1.82) is 0 Å². The molecule has 1 unspecified atom stereocenters. The normalized spacial score (nSPS) is 12.2. The zero-order valence-electron chi connectivity index (χ0n) is 10.4. The van der Waals surface area contributed by atoms with Crippen molar-refractivity contribution in [3.8, 4) is 5.75 Å². The van der Waals surface area contributed by atoms with Gasteiger partial charge in [0.25, 0.3) is 5.69 Å². The molecule has 0 aliphatic carbocycles. The van der Waals surface area contributed by atoms with Crippen molar-refractivity contribution < 1.29 is 14.4 Å². The summed E-state index contributed by atoms with van der Waals surface area (Å²) in [6.45, 7) is 2.52. The van der Waals surface area contributed by atoms with Crippen LogP contribution >= 0.6 is 11.6 Å². The summed E-state index contributed by atoms with van der Waals surface area (Å²) >= 11 is 5.77. The maximum atomic E-state index is 10.6. The predicted molar refractivity (Wildman–Crippen MR) is 69.2 cm³/mol. The van der Waals surface area contributed by atoms with Gasteiger partial charge in [0, 0.05) is 37.8 Å². The molecule has 0 fully saturated rings. The fourth-order valence-electron chi connectivity index (χ4n) is 1.46. The van der Waals surface area contributed by atoms with E-state index in [1.54, 1.807) is 13.2 Å². The third-order valence-electron chi connectivity index (χ3n) is 2.46. The summed E-state index contributed by atoms with van der Waals surface area (Å²) in [6.07, 6.45) is 0.711. The lowest BCUT2D eigenvalue weighted by atomic mass is 10.2. The second-order valence-electron chi connectivity index (χ2n) is 3.89. The third-order valence-corrected chi connectivity index (χ3v) is 2.74. The zero-order chi connectivity index (χ0) is 13.5. The van der Waals surface area contributed by atoms with Gasteiger partial charge in [0.1, 0.15) is 5.75 Å². The molecule has 1 atom stereocenters. The Morgan fingerprint density at radius 1 is 1.50 bits per heavy atom. The summed E-state index contributed by atoms with van der Waals surface area (Å²) in [5.74, 6) is 0.757. The van der Waals surface area contributed by atoms with Gasteiger partial charge in [-0.25, -0.2) is 0 Å². The fraction of sp³-hybridized carbons (Fsp3) is 0.500. The number of ether oxygens (including phenoxy) is 2. The van der Waals surface area contributed by atoms with Crippen LogP contribution in [0.1, 0.15) is 18.9 Å². The van der Waals surface area contributed by atoms with Crippen molar-refractivity contribution in [3.63, 3.8) is 0 Å². The molecule has 1 rings (SSSR count). The summed E-state index contributed by atoms with van der Waals surface area (Å²) in [5, 5.41) is 10.6. The van der Waals surface area contributed by atoms with Gasteiger partial charge in [-0.05, 0) is 13.0 Å². The van der Waals surface area contributed by atoms with Gasteiger partial charge in [-0.3, -0.25) is 10.1 Å². The van der Waals surface area contributed by atoms with Crippen LogP contribution in [0.2, 0.25) is 0 Å². The van der Waals surface area contributed by atoms with E-state index in [-0.39, 0.29) is 17.7 Å². The molecule has 0 amide bonds. The molecule has 0 aromatic heterocycles. The third kappa shape index (κ3) is 4.16. The van der Waals surface area contributed by atoms with E-state index in [1.807, 2.05) is 6.92 Å². The van der Waals surface area contributed by atoms with Crippen molar-refractivity contribution in [3.05, 3.63) is 33.9 Å². The minimum absolute atomic E-state index is 0.0162. The Morgan fingerprint density at radius 3 is 2.78 bits per heavy atom. The number of non-ortho nitro benzene ring substituents is 1. The van der Waals surface area contributed by atoms with Crippen molar-refractivity contribution in [2.45, 2.75) is 25.3 Å². The Labute approximate surface area is 111 Å². The molecule has 0 N–H and O–H groups in total. The van der Waals surface area contributed by atoms with Gasteiger partial charge in [0.05, 0.1) is 16.9 Å². The molecule has 6 heteroatoms. The van der Waals surface area contributed by atoms with Gasteiger partial charge in [-0.1, -0.05) is 0 Å². The van der Waals surface area contributed by atoms with Crippen LogP contribution in [0.4, 0.5) is 5.69 Å². The molecule has 0 heterocycles. The average Bonchev–Trinajstić information content (AvgIpc) is 2.36. The number of rotatable bonds is 7. The minimum Gasteiger partial charge on any atom is -0.490 e. The Balaban J connectivity index is 2.79. The number of hydrogen-bond donors (Lipinski definition) is 0. The molecular formula is C12H16ClNO4. The van der Waals surface area contributed by atoms with Crippen LogP contribution in [0, 0.1) is 10.1 Å². The fourth-order valence-corrected chi connectivity index (χ4v) is 1.67. The Bertz CT molecular complexity index is 411. The highest BCUT2D eigenvalue weighted by Gasteiger charge is 2.13. The first kappa shape index (κ1) is 14.7. The topological polar surface area (TPSA) is 61.6 Å². The van der Waals surface area contributed by atoms with Gasteiger partial charge in [-0.15, -0.1) is 11.6 Å². The molecule has 0 bridgehead atoms. The van der Waals surface area contributed by atoms with Crippen molar-refractivity contribution >= 4 is 17.3 Å². The SMILES string of the molecule is COCCC(C)Oc1ccc([N+](=O)[O-])cc1CCl. The highest BCUT2D eigenvalue weighted by molar-refractivity contribution is 6.17. The van der Waals surface area contributed by atoms with E-state index in [2.05, 4.69) is 0 Å². The lowest BCUT2D eigenvalue weighted by Crippen LogP contribution is -2.15. The second-order valence-corrected chi connectivity index (χ2v) is 4.16.